The Hall–Kier alpha value is -4.47. The van der Waals surface area contributed by atoms with Gasteiger partial charge in [-0.25, -0.2) is 4.39 Å². The number of aromatic nitrogens is 2. The van der Waals surface area contributed by atoms with E-state index < -0.39 is 11.9 Å². The quantitative estimate of drug-likeness (QED) is 0.365. The lowest BCUT2D eigenvalue weighted by Gasteiger charge is -2.21. The van der Waals surface area contributed by atoms with Gasteiger partial charge >= 0.3 is 0 Å². The van der Waals surface area contributed by atoms with Gasteiger partial charge in [-0.15, -0.1) is 10.2 Å². The second-order valence-electron chi connectivity index (χ2n) is 7.99. The third kappa shape index (κ3) is 6.11. The molecule has 0 fully saturated rings. The molecule has 0 aliphatic heterocycles. The molecule has 0 spiro atoms. The Morgan fingerprint density at radius 2 is 1.86 bits per heavy atom. The Morgan fingerprint density at radius 1 is 1.06 bits per heavy atom. The van der Waals surface area contributed by atoms with E-state index >= 15 is 0 Å². The predicted octanol–water partition coefficient (Wildman–Crippen LogP) is 4.44. The number of benzene rings is 2. The molecule has 0 aliphatic rings. The molecule has 180 valence electrons. The van der Waals surface area contributed by atoms with E-state index in [2.05, 4.69) is 20.8 Å². The van der Waals surface area contributed by atoms with E-state index in [-0.39, 0.29) is 41.8 Å². The van der Waals surface area contributed by atoms with E-state index in [4.69, 9.17) is 13.6 Å². The Balaban J connectivity index is 1.36. The summed E-state index contributed by atoms with van der Waals surface area (Å²) in [5.41, 5.74) is 1.08. The van der Waals surface area contributed by atoms with E-state index in [1.54, 1.807) is 42.5 Å². The zero-order valence-electron chi connectivity index (χ0n) is 19.0. The SMILES string of the molecule is CC(C)[C@H](NC(=O)c1ccco1)C(=O)Nc1cccc(OCc2nnc(-c3ccc(F)cc3)o2)c1. The number of nitrogens with zero attached hydrogens (tertiary/aromatic N) is 2. The van der Waals surface area contributed by atoms with Gasteiger partial charge in [0, 0.05) is 17.3 Å². The lowest BCUT2D eigenvalue weighted by atomic mass is 10.0. The molecule has 0 bridgehead atoms. The Morgan fingerprint density at radius 3 is 2.57 bits per heavy atom. The molecule has 2 N–H and O–H groups in total. The number of hydrogen-bond acceptors (Lipinski definition) is 7. The van der Waals surface area contributed by atoms with E-state index in [9.17, 15) is 14.0 Å². The number of hydrogen-bond donors (Lipinski definition) is 2. The molecule has 4 aromatic rings. The lowest BCUT2D eigenvalue weighted by molar-refractivity contribution is -0.118. The van der Waals surface area contributed by atoms with Crippen molar-refractivity contribution in [1.29, 1.82) is 0 Å². The molecule has 10 heteroatoms. The van der Waals surface area contributed by atoms with E-state index in [0.717, 1.165) is 0 Å². The average Bonchev–Trinajstić information content (AvgIpc) is 3.54. The van der Waals surface area contributed by atoms with E-state index in [1.165, 1.54) is 24.5 Å². The number of carbonyl (C=O) groups excluding carboxylic acids is 2. The van der Waals surface area contributed by atoms with Crippen LogP contribution < -0.4 is 15.4 Å². The molecule has 0 aliphatic carbocycles. The van der Waals surface area contributed by atoms with Crippen molar-refractivity contribution in [3.63, 3.8) is 0 Å². The van der Waals surface area contributed by atoms with Crippen molar-refractivity contribution in [1.82, 2.24) is 15.5 Å². The molecule has 2 aromatic heterocycles. The van der Waals surface area contributed by atoms with Crippen LogP contribution in [0.1, 0.15) is 30.3 Å². The molecule has 2 amide bonds. The number of furan rings is 1. The normalized spacial score (nSPS) is 11.8. The summed E-state index contributed by atoms with van der Waals surface area (Å²) in [5, 5.41) is 13.4. The number of halogens is 1. The van der Waals surface area contributed by atoms with Crippen LogP contribution in [0.5, 0.6) is 5.75 Å². The number of ether oxygens (including phenoxy) is 1. The summed E-state index contributed by atoms with van der Waals surface area (Å²) in [4.78, 5) is 25.2. The van der Waals surface area contributed by atoms with Crippen molar-refractivity contribution < 1.29 is 27.6 Å². The van der Waals surface area contributed by atoms with Gasteiger partial charge < -0.3 is 24.2 Å². The fourth-order valence-electron chi connectivity index (χ4n) is 3.20. The highest BCUT2D eigenvalue weighted by Gasteiger charge is 2.25. The molecular weight excluding hydrogens is 455 g/mol. The van der Waals surface area contributed by atoms with E-state index in [1.807, 2.05) is 13.8 Å². The van der Waals surface area contributed by atoms with Gasteiger partial charge in [0.05, 0.1) is 6.26 Å². The van der Waals surface area contributed by atoms with Gasteiger partial charge in [0.2, 0.25) is 11.8 Å². The third-order valence-corrected chi connectivity index (χ3v) is 5.00. The number of amides is 2. The number of anilines is 1. The van der Waals surface area contributed by atoms with Crippen molar-refractivity contribution in [2.24, 2.45) is 5.92 Å². The molecule has 1 atom stereocenters. The Bertz CT molecular complexity index is 1290. The minimum atomic E-state index is -0.777. The highest BCUT2D eigenvalue weighted by molar-refractivity contribution is 6.00. The van der Waals surface area contributed by atoms with Crippen LogP contribution >= 0.6 is 0 Å². The van der Waals surface area contributed by atoms with Crippen LogP contribution in [-0.2, 0) is 11.4 Å². The highest BCUT2D eigenvalue weighted by atomic mass is 19.1. The van der Waals surface area contributed by atoms with Crippen molar-refractivity contribution in [3.8, 4) is 17.2 Å². The van der Waals surface area contributed by atoms with Gasteiger partial charge in [-0.05, 0) is 54.4 Å². The van der Waals surface area contributed by atoms with Crippen LogP contribution in [0.2, 0.25) is 0 Å². The van der Waals surface area contributed by atoms with Gasteiger partial charge in [0.25, 0.3) is 11.8 Å². The maximum atomic E-state index is 13.1. The summed E-state index contributed by atoms with van der Waals surface area (Å²) < 4.78 is 29.5. The van der Waals surface area contributed by atoms with Gasteiger partial charge in [-0.3, -0.25) is 9.59 Å². The van der Waals surface area contributed by atoms with Gasteiger partial charge in [-0.1, -0.05) is 19.9 Å². The minimum absolute atomic E-state index is 0.000577. The molecule has 2 heterocycles. The third-order valence-electron chi connectivity index (χ3n) is 5.00. The second kappa shape index (κ2) is 10.6. The summed E-state index contributed by atoms with van der Waals surface area (Å²) >= 11 is 0. The first-order valence-corrected chi connectivity index (χ1v) is 10.9. The second-order valence-corrected chi connectivity index (χ2v) is 7.99. The number of carbonyl (C=O) groups is 2. The van der Waals surface area contributed by atoms with Crippen molar-refractivity contribution in [2.45, 2.75) is 26.5 Å². The summed E-state index contributed by atoms with van der Waals surface area (Å²) in [6.07, 6.45) is 1.39. The first-order valence-electron chi connectivity index (χ1n) is 10.9. The predicted molar refractivity (Wildman–Crippen MR) is 124 cm³/mol. The van der Waals surface area contributed by atoms with Crippen LogP contribution in [0, 0.1) is 11.7 Å². The fourth-order valence-corrected chi connectivity index (χ4v) is 3.20. The maximum absolute atomic E-state index is 13.1. The molecule has 4 rings (SSSR count). The summed E-state index contributed by atoms with van der Waals surface area (Å²) in [6, 6.07) is 14.8. The first kappa shape index (κ1) is 23.7. The smallest absolute Gasteiger partial charge is 0.287 e. The molecule has 35 heavy (non-hydrogen) atoms. The zero-order chi connectivity index (χ0) is 24.8. The average molecular weight is 478 g/mol. The molecule has 2 aromatic carbocycles. The molecule has 0 saturated heterocycles. The topological polar surface area (TPSA) is 119 Å². The molecular formula is C25H23FN4O5. The monoisotopic (exact) mass is 478 g/mol. The standard InChI is InChI=1S/C25H23FN4O5/c1-15(2)22(28-23(31)20-7-4-12-33-20)24(32)27-18-5-3-6-19(13-18)34-14-21-29-30-25(35-21)16-8-10-17(26)11-9-16/h3-13,15,22H,14H2,1-2H3,(H,27,32)(H,28,31)/t22-/m0/s1. The van der Waals surface area contributed by atoms with Crippen molar-refractivity contribution in [3.05, 3.63) is 84.4 Å². The highest BCUT2D eigenvalue weighted by Crippen LogP contribution is 2.21. The fraction of sp³-hybridized carbons (Fsp3) is 0.200. The molecule has 0 saturated carbocycles. The first-order chi connectivity index (χ1) is 16.9. The van der Waals surface area contributed by atoms with Crippen molar-refractivity contribution >= 4 is 17.5 Å². The molecule has 0 radical (unpaired) electrons. The van der Waals surface area contributed by atoms with Gasteiger partial charge in [0.1, 0.15) is 17.6 Å². The molecule has 0 unspecified atom stereocenters. The number of rotatable bonds is 9. The lowest BCUT2D eigenvalue weighted by Crippen LogP contribution is -2.47. The summed E-state index contributed by atoms with van der Waals surface area (Å²) in [5.74, 6) is -0.296. The summed E-state index contributed by atoms with van der Waals surface area (Å²) in [7, 11) is 0. The zero-order valence-corrected chi connectivity index (χ0v) is 19.0. The van der Waals surface area contributed by atoms with Crippen LogP contribution in [-0.4, -0.2) is 28.1 Å². The van der Waals surface area contributed by atoms with Crippen LogP contribution in [0.15, 0.2) is 75.8 Å². The van der Waals surface area contributed by atoms with Crippen LogP contribution in [0.4, 0.5) is 10.1 Å². The minimum Gasteiger partial charge on any atom is -0.484 e. The van der Waals surface area contributed by atoms with E-state index in [0.29, 0.717) is 17.0 Å². The Kier molecular flexibility index (Phi) is 7.20. The van der Waals surface area contributed by atoms with Crippen molar-refractivity contribution in [2.75, 3.05) is 5.32 Å². The largest absolute Gasteiger partial charge is 0.484 e. The van der Waals surface area contributed by atoms with Gasteiger partial charge in [-0.2, -0.15) is 0 Å². The van der Waals surface area contributed by atoms with Gasteiger partial charge in [0.15, 0.2) is 12.4 Å². The summed E-state index contributed by atoms with van der Waals surface area (Å²) in [6.45, 7) is 3.66. The van der Waals surface area contributed by atoms with Crippen LogP contribution in [0.25, 0.3) is 11.5 Å². The Labute approximate surface area is 200 Å². The molecule has 9 nitrogen and oxygen atoms in total. The maximum Gasteiger partial charge on any atom is 0.287 e. The van der Waals surface area contributed by atoms with Crippen LogP contribution in [0.3, 0.4) is 0 Å². The number of nitrogens with one attached hydrogen (secondary N) is 2.